The van der Waals surface area contributed by atoms with E-state index in [2.05, 4.69) is 37.1 Å². The van der Waals surface area contributed by atoms with Crippen molar-refractivity contribution in [3.8, 4) is 0 Å². The van der Waals surface area contributed by atoms with Crippen LogP contribution < -0.4 is 4.90 Å². The molecule has 28 heavy (non-hydrogen) atoms. The first-order valence-electron chi connectivity index (χ1n) is 10.1. The van der Waals surface area contributed by atoms with Gasteiger partial charge < -0.3 is 9.42 Å². The Kier molecular flexibility index (Phi) is 4.91. The van der Waals surface area contributed by atoms with Crippen molar-refractivity contribution in [3.05, 3.63) is 47.2 Å². The van der Waals surface area contributed by atoms with Gasteiger partial charge in [-0.15, -0.1) is 0 Å². The number of pyridine rings is 1. The summed E-state index contributed by atoms with van der Waals surface area (Å²) in [6, 6.07) is 8.02. The summed E-state index contributed by atoms with van der Waals surface area (Å²) in [6.45, 7) is 4.65. The van der Waals surface area contributed by atoms with Crippen LogP contribution in [0.2, 0.25) is 5.02 Å². The largest absolute Gasteiger partial charge is 0.368 e. The highest BCUT2D eigenvalue weighted by Crippen LogP contribution is 2.33. The fourth-order valence-electron chi connectivity index (χ4n) is 4.40. The van der Waals surface area contributed by atoms with Crippen molar-refractivity contribution in [2.45, 2.75) is 38.1 Å². The van der Waals surface area contributed by atoms with Crippen LogP contribution in [0.3, 0.4) is 0 Å². The Balaban J connectivity index is 1.23. The van der Waals surface area contributed by atoms with Gasteiger partial charge in [-0.25, -0.2) is 0 Å². The molecule has 1 aliphatic heterocycles. The zero-order valence-electron chi connectivity index (χ0n) is 15.9. The first kappa shape index (κ1) is 17.9. The summed E-state index contributed by atoms with van der Waals surface area (Å²) in [6.07, 6.45) is 6.79. The third kappa shape index (κ3) is 3.59. The van der Waals surface area contributed by atoms with E-state index in [4.69, 9.17) is 16.1 Å². The number of benzene rings is 1. The highest BCUT2D eigenvalue weighted by atomic mass is 35.5. The normalized spacial score (nSPS) is 19.0. The van der Waals surface area contributed by atoms with Crippen molar-refractivity contribution in [1.82, 2.24) is 20.0 Å². The maximum Gasteiger partial charge on any atom is 0.229 e. The number of anilines is 1. The van der Waals surface area contributed by atoms with Gasteiger partial charge >= 0.3 is 0 Å². The summed E-state index contributed by atoms with van der Waals surface area (Å²) in [7, 11) is 0. The molecule has 2 aromatic heterocycles. The molecule has 1 saturated carbocycles. The maximum atomic E-state index is 6.12. The Morgan fingerprint density at radius 3 is 2.71 bits per heavy atom. The highest BCUT2D eigenvalue weighted by Gasteiger charge is 2.24. The molecule has 5 rings (SSSR count). The lowest BCUT2D eigenvalue weighted by Gasteiger charge is -2.36. The first-order valence-corrected chi connectivity index (χ1v) is 10.5. The van der Waals surface area contributed by atoms with Crippen LogP contribution in [0.15, 0.2) is 35.0 Å². The highest BCUT2D eigenvalue weighted by molar-refractivity contribution is 6.31. The fourth-order valence-corrected chi connectivity index (χ4v) is 4.57. The second-order valence-corrected chi connectivity index (χ2v) is 8.22. The molecule has 0 radical (unpaired) electrons. The molecule has 3 aromatic rings. The summed E-state index contributed by atoms with van der Waals surface area (Å²) in [5, 5.41) is 6.09. The van der Waals surface area contributed by atoms with Gasteiger partial charge in [-0.2, -0.15) is 4.98 Å². The minimum atomic E-state index is 0.478. The molecule has 0 spiro atoms. The lowest BCUT2D eigenvalue weighted by molar-refractivity contribution is 0.240. The number of piperazine rings is 1. The summed E-state index contributed by atoms with van der Waals surface area (Å²) in [5.41, 5.74) is 2.17. The van der Waals surface area contributed by atoms with E-state index >= 15 is 0 Å². The van der Waals surface area contributed by atoms with Crippen molar-refractivity contribution in [2.24, 2.45) is 0 Å². The number of rotatable bonds is 4. The van der Waals surface area contributed by atoms with Crippen LogP contribution in [0.4, 0.5) is 5.69 Å². The van der Waals surface area contributed by atoms with Crippen LogP contribution in [-0.4, -0.2) is 46.2 Å². The van der Waals surface area contributed by atoms with Crippen LogP contribution in [0, 0.1) is 0 Å². The Morgan fingerprint density at radius 2 is 1.89 bits per heavy atom. The molecule has 7 heteroatoms. The lowest BCUT2D eigenvalue weighted by Crippen LogP contribution is -2.46. The van der Waals surface area contributed by atoms with Crippen LogP contribution in [0.5, 0.6) is 0 Å². The van der Waals surface area contributed by atoms with Gasteiger partial charge in [0.1, 0.15) is 0 Å². The smallest absolute Gasteiger partial charge is 0.229 e. The van der Waals surface area contributed by atoms with Gasteiger partial charge in [0, 0.05) is 54.4 Å². The molecule has 0 N–H and O–H groups in total. The van der Waals surface area contributed by atoms with Gasteiger partial charge in [0.15, 0.2) is 5.82 Å². The summed E-state index contributed by atoms with van der Waals surface area (Å²) in [5.74, 6) is 2.14. The predicted molar refractivity (Wildman–Crippen MR) is 110 cm³/mol. The Morgan fingerprint density at radius 1 is 1.07 bits per heavy atom. The second-order valence-electron chi connectivity index (χ2n) is 7.78. The third-order valence-electron chi connectivity index (χ3n) is 5.95. The van der Waals surface area contributed by atoms with E-state index < -0.39 is 0 Å². The fraction of sp³-hybridized carbons (Fsp3) is 0.476. The zero-order valence-corrected chi connectivity index (χ0v) is 16.6. The number of nitrogens with zero attached hydrogens (tertiary/aromatic N) is 5. The number of fused-ring (bicyclic) bond motifs is 1. The van der Waals surface area contributed by atoms with Crippen molar-refractivity contribution >= 4 is 28.2 Å². The molecule has 1 aromatic carbocycles. The molecule has 1 saturated heterocycles. The molecule has 2 fully saturated rings. The van der Waals surface area contributed by atoms with Crippen LogP contribution in [0.1, 0.15) is 43.3 Å². The number of hydrogen-bond acceptors (Lipinski definition) is 6. The molecular weight excluding hydrogens is 374 g/mol. The monoisotopic (exact) mass is 397 g/mol. The number of aromatic nitrogens is 3. The molecule has 2 aliphatic rings. The topological polar surface area (TPSA) is 58.3 Å². The molecule has 3 heterocycles. The van der Waals surface area contributed by atoms with Gasteiger partial charge in [0.05, 0.1) is 12.1 Å². The minimum Gasteiger partial charge on any atom is -0.368 e. The molecule has 0 atom stereocenters. The zero-order chi connectivity index (χ0) is 18.9. The van der Waals surface area contributed by atoms with E-state index in [1.54, 1.807) is 0 Å². The molecule has 1 aliphatic carbocycles. The Hall–Kier alpha value is -2.18. The van der Waals surface area contributed by atoms with Gasteiger partial charge in [-0.05, 0) is 37.1 Å². The predicted octanol–water partition coefficient (Wildman–Crippen LogP) is 4.25. The summed E-state index contributed by atoms with van der Waals surface area (Å²) >= 11 is 6.12. The van der Waals surface area contributed by atoms with Crippen molar-refractivity contribution in [3.63, 3.8) is 0 Å². The van der Waals surface area contributed by atoms with Crippen molar-refractivity contribution in [2.75, 3.05) is 31.1 Å². The van der Waals surface area contributed by atoms with Crippen LogP contribution >= 0.6 is 11.6 Å². The van der Waals surface area contributed by atoms with E-state index in [1.165, 1.54) is 31.4 Å². The Bertz CT molecular complexity index is 960. The molecule has 6 nitrogen and oxygen atoms in total. The van der Waals surface area contributed by atoms with Crippen molar-refractivity contribution in [1.29, 1.82) is 0 Å². The van der Waals surface area contributed by atoms with Crippen LogP contribution in [-0.2, 0) is 6.54 Å². The quantitative estimate of drug-likeness (QED) is 0.655. The maximum absolute atomic E-state index is 6.12. The van der Waals surface area contributed by atoms with E-state index in [9.17, 15) is 0 Å². The molecule has 0 unspecified atom stereocenters. The lowest BCUT2D eigenvalue weighted by atomic mass is 10.1. The third-order valence-corrected chi connectivity index (χ3v) is 6.18. The molecule has 0 amide bonds. The average molecular weight is 398 g/mol. The summed E-state index contributed by atoms with van der Waals surface area (Å²) < 4.78 is 5.52. The van der Waals surface area contributed by atoms with Crippen molar-refractivity contribution < 1.29 is 4.52 Å². The van der Waals surface area contributed by atoms with E-state index in [0.29, 0.717) is 5.92 Å². The van der Waals surface area contributed by atoms with Gasteiger partial charge in [-0.3, -0.25) is 9.88 Å². The molecular formula is C21H24ClN5O. The van der Waals surface area contributed by atoms with Gasteiger partial charge in [0.25, 0.3) is 0 Å². The average Bonchev–Trinajstić information content (AvgIpc) is 3.40. The summed E-state index contributed by atoms with van der Waals surface area (Å²) in [4.78, 5) is 13.9. The number of hydrogen-bond donors (Lipinski definition) is 0. The van der Waals surface area contributed by atoms with Gasteiger partial charge in [0.2, 0.25) is 5.89 Å². The van der Waals surface area contributed by atoms with Gasteiger partial charge in [-0.1, -0.05) is 29.6 Å². The SMILES string of the molecule is Clc1ccc2c(N3CCN(Cc4noc(C5CCCC5)n4)CC3)ccnc2c1. The minimum absolute atomic E-state index is 0.478. The number of halogens is 1. The standard InChI is InChI=1S/C21H24ClN5O/c22-16-5-6-17-18(13-16)23-8-7-19(17)27-11-9-26(10-12-27)14-20-24-21(28-25-20)15-3-1-2-4-15/h5-8,13,15H,1-4,9-12,14H2. The second kappa shape index (κ2) is 7.68. The van der Waals surface area contributed by atoms with E-state index in [0.717, 1.165) is 60.4 Å². The molecule has 0 bridgehead atoms. The first-order chi connectivity index (χ1) is 13.8. The molecule has 146 valence electrons. The van der Waals surface area contributed by atoms with E-state index in [-0.39, 0.29) is 0 Å². The Labute approximate surface area is 169 Å². The van der Waals surface area contributed by atoms with E-state index in [1.807, 2.05) is 18.3 Å². The van der Waals surface area contributed by atoms with Crippen LogP contribution in [0.25, 0.3) is 10.9 Å².